The molecular weight excluding hydrogens is 346 g/mol. The van der Waals surface area contributed by atoms with Crippen molar-refractivity contribution in [2.45, 2.75) is 78.0 Å². The topological polar surface area (TPSA) is 93.8 Å². The standard InChI is InChI=1S/C19H35N5O3/c1-4-20-19(21-12-13-26-16-10-8-6-7-9-11-16)22-14-17-23-18(24-27-17)15(3)25-5-2/h15-16H,4-14H2,1-3H3,(H2,20,21,22). The molecule has 2 rings (SSSR count). The van der Waals surface area contributed by atoms with E-state index < -0.39 is 0 Å². The molecule has 0 spiro atoms. The van der Waals surface area contributed by atoms with Gasteiger partial charge in [-0.15, -0.1) is 0 Å². The first-order chi connectivity index (χ1) is 13.2. The molecule has 154 valence electrons. The van der Waals surface area contributed by atoms with Crippen molar-refractivity contribution in [3.05, 3.63) is 11.7 Å². The SMILES string of the molecule is CCNC(=NCc1nc(C(C)OCC)no1)NCCOC1CCCCCC1. The molecule has 0 saturated heterocycles. The summed E-state index contributed by atoms with van der Waals surface area (Å²) in [6.07, 6.45) is 7.88. The fourth-order valence-electron chi connectivity index (χ4n) is 3.11. The third-order valence-corrected chi connectivity index (χ3v) is 4.53. The van der Waals surface area contributed by atoms with Crippen LogP contribution in [0.3, 0.4) is 0 Å². The second-order valence-corrected chi connectivity index (χ2v) is 6.75. The Morgan fingerprint density at radius 3 is 2.70 bits per heavy atom. The molecule has 2 N–H and O–H groups in total. The van der Waals surface area contributed by atoms with Crippen LogP contribution in [0.2, 0.25) is 0 Å². The fraction of sp³-hybridized carbons (Fsp3) is 0.842. The quantitative estimate of drug-likeness (QED) is 0.278. The predicted molar refractivity (Wildman–Crippen MR) is 105 cm³/mol. The van der Waals surface area contributed by atoms with Gasteiger partial charge < -0.3 is 24.6 Å². The fourth-order valence-corrected chi connectivity index (χ4v) is 3.11. The van der Waals surface area contributed by atoms with Crippen LogP contribution in [0.1, 0.15) is 77.1 Å². The Hall–Kier alpha value is -1.67. The lowest BCUT2D eigenvalue weighted by molar-refractivity contribution is 0.0468. The van der Waals surface area contributed by atoms with Crippen molar-refractivity contribution < 1.29 is 14.0 Å². The van der Waals surface area contributed by atoms with Gasteiger partial charge in [-0.05, 0) is 33.6 Å². The number of nitrogens with one attached hydrogen (secondary N) is 2. The molecule has 1 aliphatic rings. The minimum atomic E-state index is -0.177. The molecule has 0 amide bonds. The zero-order chi connectivity index (χ0) is 19.3. The summed E-state index contributed by atoms with van der Waals surface area (Å²) in [5.41, 5.74) is 0. The third kappa shape index (κ3) is 8.26. The van der Waals surface area contributed by atoms with Gasteiger partial charge in [0.1, 0.15) is 12.6 Å². The number of aromatic nitrogens is 2. The average molecular weight is 382 g/mol. The highest BCUT2D eigenvalue weighted by molar-refractivity contribution is 5.79. The first-order valence-corrected chi connectivity index (χ1v) is 10.3. The molecule has 0 aromatic carbocycles. The lowest BCUT2D eigenvalue weighted by atomic mass is 10.1. The molecule has 1 aromatic heterocycles. The maximum absolute atomic E-state index is 6.01. The van der Waals surface area contributed by atoms with Crippen molar-refractivity contribution in [1.82, 2.24) is 20.8 Å². The van der Waals surface area contributed by atoms with Crippen molar-refractivity contribution in [2.24, 2.45) is 4.99 Å². The van der Waals surface area contributed by atoms with E-state index in [4.69, 9.17) is 14.0 Å². The number of aliphatic imine (C=N–C) groups is 1. The van der Waals surface area contributed by atoms with E-state index in [0.29, 0.717) is 37.6 Å². The summed E-state index contributed by atoms with van der Waals surface area (Å²) in [4.78, 5) is 8.84. The first-order valence-electron chi connectivity index (χ1n) is 10.3. The molecule has 1 fully saturated rings. The second kappa shape index (κ2) is 12.7. The molecule has 1 saturated carbocycles. The normalized spacial score (nSPS) is 17.5. The van der Waals surface area contributed by atoms with Crippen molar-refractivity contribution in [3.8, 4) is 0 Å². The van der Waals surface area contributed by atoms with Crippen LogP contribution in [-0.2, 0) is 16.0 Å². The summed E-state index contributed by atoms with van der Waals surface area (Å²) in [5.74, 6) is 1.75. The van der Waals surface area contributed by atoms with Gasteiger partial charge in [0.15, 0.2) is 11.8 Å². The number of hydrogen-bond donors (Lipinski definition) is 2. The molecule has 1 aliphatic carbocycles. The predicted octanol–water partition coefficient (Wildman–Crippen LogP) is 2.96. The van der Waals surface area contributed by atoms with Crippen LogP contribution in [-0.4, -0.2) is 48.5 Å². The van der Waals surface area contributed by atoms with Gasteiger partial charge in [-0.1, -0.05) is 30.8 Å². The van der Waals surface area contributed by atoms with Crippen LogP contribution in [0.5, 0.6) is 0 Å². The van der Waals surface area contributed by atoms with Gasteiger partial charge in [0.25, 0.3) is 0 Å². The Morgan fingerprint density at radius 2 is 2.00 bits per heavy atom. The van der Waals surface area contributed by atoms with E-state index in [0.717, 1.165) is 19.0 Å². The van der Waals surface area contributed by atoms with Gasteiger partial charge in [0.05, 0.1) is 12.7 Å². The highest BCUT2D eigenvalue weighted by atomic mass is 16.5. The van der Waals surface area contributed by atoms with Gasteiger partial charge in [-0.25, -0.2) is 4.99 Å². The molecule has 0 radical (unpaired) electrons. The molecule has 0 bridgehead atoms. The summed E-state index contributed by atoms with van der Waals surface area (Å²) in [5, 5.41) is 10.5. The summed E-state index contributed by atoms with van der Waals surface area (Å²) >= 11 is 0. The summed E-state index contributed by atoms with van der Waals surface area (Å²) in [6.45, 7) is 9.01. The number of ether oxygens (including phenoxy) is 2. The number of hydrogen-bond acceptors (Lipinski definition) is 6. The third-order valence-electron chi connectivity index (χ3n) is 4.53. The van der Waals surface area contributed by atoms with Gasteiger partial charge in [-0.2, -0.15) is 4.98 Å². The van der Waals surface area contributed by atoms with E-state index >= 15 is 0 Å². The highest BCUT2D eigenvalue weighted by Crippen LogP contribution is 2.19. The summed E-state index contributed by atoms with van der Waals surface area (Å²) in [7, 11) is 0. The largest absolute Gasteiger partial charge is 0.376 e. The summed E-state index contributed by atoms with van der Waals surface area (Å²) in [6, 6.07) is 0. The maximum Gasteiger partial charge on any atom is 0.248 e. The smallest absolute Gasteiger partial charge is 0.248 e. The molecule has 8 heteroatoms. The minimum absolute atomic E-state index is 0.177. The lowest BCUT2D eigenvalue weighted by Gasteiger charge is -2.16. The highest BCUT2D eigenvalue weighted by Gasteiger charge is 2.14. The second-order valence-electron chi connectivity index (χ2n) is 6.75. The Labute approximate surface area is 162 Å². The molecule has 8 nitrogen and oxygen atoms in total. The van der Waals surface area contributed by atoms with Crippen molar-refractivity contribution in [3.63, 3.8) is 0 Å². The van der Waals surface area contributed by atoms with Crippen molar-refractivity contribution in [1.29, 1.82) is 0 Å². The average Bonchev–Trinajstić information content (AvgIpc) is 2.99. The van der Waals surface area contributed by atoms with Gasteiger partial charge in [0, 0.05) is 19.7 Å². The van der Waals surface area contributed by atoms with Crippen LogP contribution in [0.4, 0.5) is 0 Å². The Bertz CT molecular complexity index is 541. The number of nitrogens with zero attached hydrogens (tertiary/aromatic N) is 3. The van der Waals surface area contributed by atoms with E-state index in [1.54, 1.807) is 0 Å². The minimum Gasteiger partial charge on any atom is -0.376 e. The summed E-state index contributed by atoms with van der Waals surface area (Å²) < 4.78 is 16.7. The van der Waals surface area contributed by atoms with Crippen molar-refractivity contribution in [2.75, 3.05) is 26.3 Å². The van der Waals surface area contributed by atoms with Crippen LogP contribution < -0.4 is 10.6 Å². The molecule has 1 heterocycles. The zero-order valence-corrected chi connectivity index (χ0v) is 17.0. The van der Waals surface area contributed by atoms with Crippen LogP contribution in [0.15, 0.2) is 9.52 Å². The first kappa shape index (κ1) is 21.6. The van der Waals surface area contributed by atoms with Crippen LogP contribution >= 0.6 is 0 Å². The zero-order valence-electron chi connectivity index (χ0n) is 17.0. The van der Waals surface area contributed by atoms with E-state index in [2.05, 4.69) is 25.8 Å². The maximum atomic E-state index is 6.01. The van der Waals surface area contributed by atoms with E-state index in [-0.39, 0.29) is 6.10 Å². The molecule has 1 aromatic rings. The monoisotopic (exact) mass is 381 g/mol. The molecule has 27 heavy (non-hydrogen) atoms. The lowest BCUT2D eigenvalue weighted by Crippen LogP contribution is -2.39. The van der Waals surface area contributed by atoms with E-state index in [1.807, 2.05) is 20.8 Å². The molecule has 1 atom stereocenters. The van der Waals surface area contributed by atoms with Gasteiger partial charge >= 0.3 is 0 Å². The molecular formula is C19H35N5O3. The molecule has 0 aliphatic heterocycles. The van der Waals surface area contributed by atoms with E-state index in [1.165, 1.54) is 38.5 Å². The van der Waals surface area contributed by atoms with Gasteiger partial charge in [-0.3, -0.25) is 0 Å². The van der Waals surface area contributed by atoms with E-state index in [9.17, 15) is 0 Å². The number of rotatable bonds is 10. The van der Waals surface area contributed by atoms with Crippen LogP contribution in [0, 0.1) is 0 Å². The van der Waals surface area contributed by atoms with Crippen molar-refractivity contribution >= 4 is 5.96 Å². The Balaban J connectivity index is 1.74. The van der Waals surface area contributed by atoms with Crippen LogP contribution in [0.25, 0.3) is 0 Å². The van der Waals surface area contributed by atoms with Gasteiger partial charge in [0.2, 0.25) is 5.89 Å². The molecule has 1 unspecified atom stereocenters. The Kier molecular flexibility index (Phi) is 10.1. The number of guanidine groups is 1. The Morgan fingerprint density at radius 1 is 1.22 bits per heavy atom.